The van der Waals surface area contributed by atoms with Crippen LogP contribution in [0.2, 0.25) is 0 Å². The highest BCUT2D eigenvalue weighted by molar-refractivity contribution is 7.80. The fourth-order valence-electron chi connectivity index (χ4n) is 1.82. The third-order valence-electron chi connectivity index (χ3n) is 2.81. The smallest absolute Gasteiger partial charge is 0.129 e. The second-order valence-electron chi connectivity index (χ2n) is 4.55. The Bertz CT molecular complexity index is 550. The van der Waals surface area contributed by atoms with Crippen LogP contribution in [0.4, 0.5) is 5.82 Å². The topological polar surface area (TPSA) is 42.1 Å². The number of hydrogen-bond donors (Lipinski definition) is 1. The van der Waals surface area contributed by atoms with Gasteiger partial charge in [0, 0.05) is 10.9 Å². The van der Waals surface area contributed by atoms with Crippen LogP contribution in [0.5, 0.6) is 0 Å². The minimum absolute atomic E-state index is 0.335. The molecule has 0 aliphatic heterocycles. The van der Waals surface area contributed by atoms with E-state index in [1.807, 2.05) is 18.2 Å². The Morgan fingerprint density at radius 3 is 2.74 bits per heavy atom. The van der Waals surface area contributed by atoms with E-state index in [4.69, 9.17) is 18.0 Å². The van der Waals surface area contributed by atoms with Gasteiger partial charge in [-0.25, -0.2) is 4.98 Å². The molecule has 2 aromatic heterocycles. The fourth-order valence-corrected chi connectivity index (χ4v) is 2.64. The number of nitrogens with zero attached hydrogens (tertiary/aromatic N) is 2. The number of rotatable bonds is 5. The Hall–Kier alpha value is -1.46. The van der Waals surface area contributed by atoms with Crippen molar-refractivity contribution in [3.63, 3.8) is 0 Å². The van der Waals surface area contributed by atoms with Crippen molar-refractivity contribution in [1.29, 1.82) is 0 Å². The molecule has 0 spiro atoms. The molecule has 0 bridgehead atoms. The number of nitrogens with two attached hydrogens (primary N) is 1. The summed E-state index contributed by atoms with van der Waals surface area (Å²) in [6, 6.07) is 10.3. The summed E-state index contributed by atoms with van der Waals surface area (Å²) < 4.78 is 0. The number of anilines is 1. The van der Waals surface area contributed by atoms with Crippen LogP contribution >= 0.6 is 23.6 Å². The standard InChI is InChI=1S/C14H17N3S2/c1-10(2)17(9-11-5-4-8-19-11)13-7-3-6-12(16-13)14(15)18/h3-8,10H,9H2,1-2H3,(H2,15,18). The van der Waals surface area contributed by atoms with Crippen LogP contribution in [0, 0.1) is 0 Å². The van der Waals surface area contributed by atoms with Crippen molar-refractivity contribution < 1.29 is 0 Å². The molecule has 0 saturated carbocycles. The summed E-state index contributed by atoms with van der Waals surface area (Å²) in [5.74, 6) is 0.911. The van der Waals surface area contributed by atoms with E-state index in [9.17, 15) is 0 Å². The first kappa shape index (κ1) is 14.0. The Balaban J connectivity index is 2.28. The Kier molecular flexibility index (Phi) is 4.50. The lowest BCUT2D eigenvalue weighted by atomic mass is 10.2. The van der Waals surface area contributed by atoms with Crippen molar-refractivity contribution in [2.75, 3.05) is 4.90 Å². The molecule has 2 aromatic rings. The quantitative estimate of drug-likeness (QED) is 0.859. The molecule has 0 unspecified atom stereocenters. The van der Waals surface area contributed by atoms with Gasteiger partial charge in [0.05, 0.1) is 12.2 Å². The molecule has 0 saturated heterocycles. The van der Waals surface area contributed by atoms with Crippen LogP contribution in [0.15, 0.2) is 35.7 Å². The monoisotopic (exact) mass is 291 g/mol. The SMILES string of the molecule is CC(C)N(Cc1cccs1)c1cccc(C(N)=S)n1. The maximum atomic E-state index is 5.65. The highest BCUT2D eigenvalue weighted by Crippen LogP contribution is 2.20. The van der Waals surface area contributed by atoms with E-state index >= 15 is 0 Å². The minimum atomic E-state index is 0.335. The third-order valence-corrected chi connectivity index (χ3v) is 3.88. The van der Waals surface area contributed by atoms with Gasteiger partial charge in [0.15, 0.2) is 0 Å². The summed E-state index contributed by atoms with van der Waals surface area (Å²) >= 11 is 6.74. The summed E-state index contributed by atoms with van der Waals surface area (Å²) in [5.41, 5.74) is 6.32. The Morgan fingerprint density at radius 1 is 1.37 bits per heavy atom. The molecule has 3 nitrogen and oxygen atoms in total. The largest absolute Gasteiger partial charge is 0.388 e. The van der Waals surface area contributed by atoms with Crippen molar-refractivity contribution >= 4 is 34.4 Å². The maximum absolute atomic E-state index is 5.65. The van der Waals surface area contributed by atoms with E-state index in [0.717, 1.165) is 12.4 Å². The molecule has 0 aromatic carbocycles. The van der Waals surface area contributed by atoms with Crippen LogP contribution in [-0.4, -0.2) is 16.0 Å². The van der Waals surface area contributed by atoms with Crippen LogP contribution in [0.1, 0.15) is 24.4 Å². The molecule has 0 fully saturated rings. The first-order valence-electron chi connectivity index (χ1n) is 6.14. The zero-order chi connectivity index (χ0) is 13.8. The molecule has 2 rings (SSSR count). The van der Waals surface area contributed by atoms with E-state index in [-0.39, 0.29) is 0 Å². The van der Waals surface area contributed by atoms with Crippen LogP contribution < -0.4 is 10.6 Å². The van der Waals surface area contributed by atoms with Gasteiger partial charge in [-0.2, -0.15) is 0 Å². The highest BCUT2D eigenvalue weighted by Gasteiger charge is 2.14. The van der Waals surface area contributed by atoms with Crippen LogP contribution in [0.25, 0.3) is 0 Å². The number of thiophene rings is 1. The molecular formula is C14H17N3S2. The predicted octanol–water partition coefficient (Wildman–Crippen LogP) is 3.19. The first-order valence-corrected chi connectivity index (χ1v) is 7.42. The number of aromatic nitrogens is 1. The van der Waals surface area contributed by atoms with Gasteiger partial charge in [0.2, 0.25) is 0 Å². The summed E-state index contributed by atoms with van der Waals surface area (Å²) in [4.78, 5) is 8.43. The van der Waals surface area contributed by atoms with Gasteiger partial charge < -0.3 is 10.6 Å². The number of pyridine rings is 1. The van der Waals surface area contributed by atoms with E-state index in [1.165, 1.54) is 4.88 Å². The van der Waals surface area contributed by atoms with E-state index in [1.54, 1.807) is 11.3 Å². The normalized spacial score (nSPS) is 10.7. The van der Waals surface area contributed by atoms with Gasteiger partial charge in [-0.3, -0.25) is 0 Å². The lowest BCUT2D eigenvalue weighted by Gasteiger charge is -2.27. The average Bonchev–Trinajstić information content (AvgIpc) is 2.88. The maximum Gasteiger partial charge on any atom is 0.129 e. The summed E-state index contributed by atoms with van der Waals surface area (Å²) in [5, 5.41) is 2.09. The molecule has 5 heteroatoms. The number of hydrogen-bond acceptors (Lipinski definition) is 4. The van der Waals surface area contributed by atoms with Crippen molar-refractivity contribution in [2.45, 2.75) is 26.4 Å². The van der Waals surface area contributed by atoms with Gasteiger partial charge >= 0.3 is 0 Å². The minimum Gasteiger partial charge on any atom is -0.388 e. The fraction of sp³-hybridized carbons (Fsp3) is 0.286. The molecule has 0 amide bonds. The zero-order valence-electron chi connectivity index (χ0n) is 11.0. The van der Waals surface area contributed by atoms with Gasteiger partial charge in [-0.05, 0) is 37.4 Å². The van der Waals surface area contributed by atoms with E-state index < -0.39 is 0 Å². The summed E-state index contributed by atoms with van der Waals surface area (Å²) in [7, 11) is 0. The van der Waals surface area contributed by atoms with Crippen molar-refractivity contribution in [3.05, 3.63) is 46.3 Å². The Morgan fingerprint density at radius 2 is 2.16 bits per heavy atom. The molecule has 2 N–H and O–H groups in total. The predicted molar refractivity (Wildman–Crippen MR) is 85.8 cm³/mol. The number of thiocarbonyl (C=S) groups is 1. The van der Waals surface area contributed by atoms with Crippen molar-refractivity contribution in [2.24, 2.45) is 5.73 Å². The second kappa shape index (κ2) is 6.12. The molecule has 19 heavy (non-hydrogen) atoms. The first-order chi connectivity index (χ1) is 9.08. The summed E-state index contributed by atoms with van der Waals surface area (Å²) in [6.07, 6.45) is 0. The average molecular weight is 291 g/mol. The van der Waals surface area contributed by atoms with E-state index in [2.05, 4.69) is 41.2 Å². The van der Waals surface area contributed by atoms with Crippen LogP contribution in [0.3, 0.4) is 0 Å². The summed E-state index contributed by atoms with van der Waals surface area (Å²) in [6.45, 7) is 5.16. The van der Waals surface area contributed by atoms with Crippen molar-refractivity contribution in [3.8, 4) is 0 Å². The van der Waals surface area contributed by atoms with Gasteiger partial charge in [-0.1, -0.05) is 24.4 Å². The zero-order valence-corrected chi connectivity index (χ0v) is 12.7. The lowest BCUT2D eigenvalue weighted by Crippen LogP contribution is -2.31. The highest BCUT2D eigenvalue weighted by atomic mass is 32.1. The molecule has 0 aliphatic carbocycles. The van der Waals surface area contributed by atoms with Crippen molar-refractivity contribution in [1.82, 2.24) is 4.98 Å². The molecule has 2 heterocycles. The molecule has 100 valence electrons. The Labute approximate surface area is 123 Å². The molecule has 0 radical (unpaired) electrons. The van der Waals surface area contributed by atoms with Gasteiger partial charge in [-0.15, -0.1) is 11.3 Å². The van der Waals surface area contributed by atoms with E-state index in [0.29, 0.717) is 16.7 Å². The van der Waals surface area contributed by atoms with Gasteiger partial charge in [0.1, 0.15) is 10.8 Å². The van der Waals surface area contributed by atoms with Crippen LogP contribution in [-0.2, 0) is 6.54 Å². The molecule has 0 atom stereocenters. The second-order valence-corrected chi connectivity index (χ2v) is 6.02. The molecule has 0 aliphatic rings. The third kappa shape index (κ3) is 3.52. The van der Waals surface area contributed by atoms with Gasteiger partial charge in [0.25, 0.3) is 0 Å². The lowest BCUT2D eigenvalue weighted by molar-refractivity contribution is 0.677. The molecular weight excluding hydrogens is 274 g/mol.